The summed E-state index contributed by atoms with van der Waals surface area (Å²) < 4.78 is 25.8. The van der Waals surface area contributed by atoms with Gasteiger partial charge in [-0.05, 0) is 55.8 Å². The van der Waals surface area contributed by atoms with Gasteiger partial charge in [-0.3, -0.25) is 9.59 Å². The lowest BCUT2D eigenvalue weighted by molar-refractivity contribution is -0.123. The molecule has 1 N–H and O–H groups in total. The molecule has 0 aliphatic carbocycles. The first kappa shape index (κ1) is 22.7. The third-order valence-electron chi connectivity index (χ3n) is 5.13. The second-order valence-electron chi connectivity index (χ2n) is 7.81. The number of carbonyl (C=O) groups is 2. The number of morpholine rings is 1. The van der Waals surface area contributed by atoms with Crippen LogP contribution in [0, 0.1) is 5.82 Å². The Bertz CT molecular complexity index is 906. The van der Waals surface area contributed by atoms with Gasteiger partial charge in [-0.25, -0.2) is 4.39 Å². The van der Waals surface area contributed by atoms with Crippen molar-refractivity contribution in [1.29, 1.82) is 0 Å². The van der Waals surface area contributed by atoms with Crippen LogP contribution in [0.3, 0.4) is 0 Å². The Morgan fingerprint density at radius 1 is 1.13 bits per heavy atom. The van der Waals surface area contributed by atoms with Gasteiger partial charge >= 0.3 is 0 Å². The number of carbonyl (C=O) groups excluding carboxylic acids is 2. The Labute approximate surface area is 182 Å². The number of hydrogen-bond acceptors (Lipinski definition) is 5. The molecule has 1 aliphatic heterocycles. The Kier molecular flexibility index (Phi) is 7.63. The number of benzene rings is 2. The highest BCUT2D eigenvalue weighted by atomic mass is 19.1. The van der Waals surface area contributed by atoms with Crippen molar-refractivity contribution in [2.75, 3.05) is 24.6 Å². The van der Waals surface area contributed by atoms with Gasteiger partial charge in [-0.15, -0.1) is 0 Å². The van der Waals surface area contributed by atoms with E-state index >= 15 is 0 Å². The smallest absolute Gasteiger partial charge is 0.258 e. The molecule has 2 aromatic rings. The van der Waals surface area contributed by atoms with Crippen molar-refractivity contribution in [3.63, 3.8) is 0 Å². The molecule has 1 fully saturated rings. The van der Waals surface area contributed by atoms with Gasteiger partial charge < -0.3 is 19.7 Å². The number of rotatable bonds is 8. The van der Waals surface area contributed by atoms with Crippen LogP contribution in [0.2, 0.25) is 0 Å². The fraction of sp³-hybridized carbons (Fsp3) is 0.417. The topological polar surface area (TPSA) is 67.9 Å². The van der Waals surface area contributed by atoms with Gasteiger partial charge in [0.2, 0.25) is 0 Å². The summed E-state index contributed by atoms with van der Waals surface area (Å²) in [5.74, 6) is -0.0626. The van der Waals surface area contributed by atoms with Crippen LogP contribution in [0.4, 0.5) is 10.1 Å². The predicted octanol–water partition coefficient (Wildman–Crippen LogP) is 3.73. The largest absolute Gasteiger partial charge is 0.484 e. The molecule has 1 saturated heterocycles. The van der Waals surface area contributed by atoms with Crippen LogP contribution in [-0.2, 0) is 16.1 Å². The van der Waals surface area contributed by atoms with Crippen molar-refractivity contribution >= 4 is 17.4 Å². The lowest BCUT2D eigenvalue weighted by Gasteiger charge is -2.37. The standard InChI is InChI=1S/C24H29FN2O4/c1-4-23(28)19-6-8-20(9-7-19)30-15-24(29)26-12-18-5-10-22(21(25)11-18)27-13-16(2)31-17(3)14-27/h5-11,16-17H,4,12-15H2,1-3H3,(H,26,29). The lowest BCUT2D eigenvalue weighted by atomic mass is 10.1. The van der Waals surface area contributed by atoms with Crippen molar-refractivity contribution in [2.45, 2.75) is 45.9 Å². The highest BCUT2D eigenvalue weighted by Gasteiger charge is 2.24. The van der Waals surface area contributed by atoms with Crippen LogP contribution in [-0.4, -0.2) is 43.6 Å². The fourth-order valence-corrected chi connectivity index (χ4v) is 3.63. The Hall–Kier alpha value is -2.93. The minimum absolute atomic E-state index is 0.0467. The quantitative estimate of drug-likeness (QED) is 0.649. The molecule has 3 rings (SSSR count). The van der Waals surface area contributed by atoms with E-state index in [0.717, 1.165) is 0 Å². The molecular formula is C24H29FN2O4. The first-order valence-electron chi connectivity index (χ1n) is 10.6. The second-order valence-corrected chi connectivity index (χ2v) is 7.81. The highest BCUT2D eigenvalue weighted by Crippen LogP contribution is 2.24. The van der Waals surface area contributed by atoms with Gasteiger partial charge in [-0.2, -0.15) is 0 Å². The molecule has 6 nitrogen and oxygen atoms in total. The van der Waals surface area contributed by atoms with Gasteiger partial charge in [0, 0.05) is 31.6 Å². The number of ketones is 1. The van der Waals surface area contributed by atoms with Crippen LogP contribution < -0.4 is 15.0 Å². The Balaban J connectivity index is 1.49. The molecule has 1 amide bonds. The van der Waals surface area contributed by atoms with E-state index in [1.54, 1.807) is 37.3 Å². The van der Waals surface area contributed by atoms with Gasteiger partial charge in [0.05, 0.1) is 17.9 Å². The summed E-state index contributed by atoms with van der Waals surface area (Å²) in [5, 5.41) is 2.73. The summed E-state index contributed by atoms with van der Waals surface area (Å²) in [6.07, 6.45) is 0.533. The summed E-state index contributed by atoms with van der Waals surface area (Å²) in [6.45, 7) is 7.09. The first-order valence-corrected chi connectivity index (χ1v) is 10.6. The number of amides is 1. The van der Waals surface area contributed by atoms with Crippen molar-refractivity contribution < 1.29 is 23.5 Å². The third-order valence-corrected chi connectivity index (χ3v) is 5.13. The van der Waals surface area contributed by atoms with E-state index in [-0.39, 0.29) is 42.9 Å². The zero-order valence-corrected chi connectivity index (χ0v) is 18.2. The van der Waals surface area contributed by atoms with Crippen LogP contribution in [0.5, 0.6) is 5.75 Å². The Morgan fingerprint density at radius 2 is 1.81 bits per heavy atom. The van der Waals surface area contributed by atoms with Gasteiger partial charge in [0.25, 0.3) is 5.91 Å². The van der Waals surface area contributed by atoms with Gasteiger partial charge in [0.1, 0.15) is 11.6 Å². The summed E-state index contributed by atoms with van der Waals surface area (Å²) in [4.78, 5) is 25.7. The molecule has 1 heterocycles. The summed E-state index contributed by atoms with van der Waals surface area (Å²) >= 11 is 0. The first-order chi connectivity index (χ1) is 14.9. The van der Waals surface area contributed by atoms with E-state index in [9.17, 15) is 14.0 Å². The maximum Gasteiger partial charge on any atom is 0.258 e. The molecule has 2 atom stereocenters. The van der Waals surface area contributed by atoms with E-state index < -0.39 is 0 Å². The monoisotopic (exact) mass is 428 g/mol. The van der Waals surface area contributed by atoms with Crippen molar-refractivity contribution in [2.24, 2.45) is 0 Å². The predicted molar refractivity (Wildman–Crippen MR) is 117 cm³/mol. The van der Waals surface area contributed by atoms with Crippen LogP contribution in [0.1, 0.15) is 43.1 Å². The minimum atomic E-state index is -0.314. The molecule has 31 heavy (non-hydrogen) atoms. The summed E-state index contributed by atoms with van der Waals surface area (Å²) in [6, 6.07) is 11.7. The molecule has 166 valence electrons. The van der Waals surface area contributed by atoms with Crippen molar-refractivity contribution in [1.82, 2.24) is 5.32 Å². The maximum atomic E-state index is 14.7. The fourth-order valence-electron chi connectivity index (χ4n) is 3.63. The minimum Gasteiger partial charge on any atom is -0.484 e. The second kappa shape index (κ2) is 10.4. The number of hydrogen-bond donors (Lipinski definition) is 1. The number of nitrogens with one attached hydrogen (secondary N) is 1. The van der Waals surface area contributed by atoms with Crippen molar-refractivity contribution in [3.8, 4) is 5.75 Å². The number of halogens is 1. The SMILES string of the molecule is CCC(=O)c1ccc(OCC(=O)NCc2ccc(N3CC(C)OC(C)C3)c(F)c2)cc1. The number of anilines is 1. The van der Waals surface area contributed by atoms with Crippen LogP contribution in [0.15, 0.2) is 42.5 Å². The molecular weight excluding hydrogens is 399 g/mol. The average molecular weight is 429 g/mol. The van der Waals surface area contributed by atoms with E-state index in [4.69, 9.17) is 9.47 Å². The molecule has 2 aromatic carbocycles. The Morgan fingerprint density at radius 3 is 2.42 bits per heavy atom. The van der Waals surface area contributed by atoms with E-state index in [0.29, 0.717) is 42.1 Å². The van der Waals surface area contributed by atoms with E-state index in [1.165, 1.54) is 6.07 Å². The zero-order chi connectivity index (χ0) is 22.4. The van der Waals surface area contributed by atoms with Gasteiger partial charge in [0.15, 0.2) is 12.4 Å². The molecule has 0 aromatic heterocycles. The normalized spacial score (nSPS) is 18.5. The highest BCUT2D eigenvalue weighted by molar-refractivity contribution is 5.95. The molecule has 7 heteroatoms. The molecule has 0 radical (unpaired) electrons. The van der Waals surface area contributed by atoms with E-state index in [1.807, 2.05) is 24.8 Å². The number of ether oxygens (including phenoxy) is 2. The summed E-state index contributed by atoms with van der Waals surface area (Å²) in [7, 11) is 0. The average Bonchev–Trinajstić information content (AvgIpc) is 2.75. The zero-order valence-electron chi connectivity index (χ0n) is 18.2. The molecule has 0 spiro atoms. The number of Topliss-reactive ketones (excluding diaryl/α,β-unsaturated/α-hetero) is 1. The maximum absolute atomic E-state index is 14.7. The van der Waals surface area contributed by atoms with E-state index in [2.05, 4.69) is 5.32 Å². The molecule has 0 bridgehead atoms. The van der Waals surface area contributed by atoms with Gasteiger partial charge in [-0.1, -0.05) is 13.0 Å². The van der Waals surface area contributed by atoms with Crippen LogP contribution >= 0.6 is 0 Å². The molecule has 1 aliphatic rings. The molecule has 2 unspecified atom stereocenters. The summed E-state index contributed by atoms with van der Waals surface area (Å²) in [5.41, 5.74) is 1.84. The lowest BCUT2D eigenvalue weighted by Crippen LogP contribution is -2.45. The molecule has 0 saturated carbocycles. The van der Waals surface area contributed by atoms with Crippen LogP contribution in [0.25, 0.3) is 0 Å². The van der Waals surface area contributed by atoms with Crippen molar-refractivity contribution in [3.05, 3.63) is 59.4 Å². The number of nitrogens with zero attached hydrogens (tertiary/aromatic N) is 1. The third kappa shape index (κ3) is 6.28.